The minimum absolute atomic E-state index is 0.318. The molecule has 90 valence electrons. The molecule has 0 saturated carbocycles. The summed E-state index contributed by atoms with van der Waals surface area (Å²) in [6, 6.07) is 0.774. The molecule has 1 heterocycles. The Hall–Kier alpha value is -0.610. The predicted molar refractivity (Wildman–Crippen MR) is 61.9 cm³/mol. The van der Waals surface area contributed by atoms with E-state index in [1.165, 1.54) is 25.9 Å². The molecule has 0 radical (unpaired) electrons. The zero-order valence-corrected chi connectivity index (χ0v) is 10.3. The van der Waals surface area contributed by atoms with E-state index in [0.717, 1.165) is 6.04 Å². The van der Waals surface area contributed by atoms with Crippen molar-refractivity contribution in [3.8, 4) is 0 Å². The molecule has 0 amide bonds. The smallest absolute Gasteiger partial charge is 0.293 e. The third-order valence-electron chi connectivity index (χ3n) is 2.15. The summed E-state index contributed by atoms with van der Waals surface area (Å²) in [5.74, 6) is 0. The van der Waals surface area contributed by atoms with Gasteiger partial charge in [0, 0.05) is 6.04 Å². The average Bonchev–Trinajstić information content (AvgIpc) is 2.18. The Bertz CT molecular complexity index is 160. The van der Waals surface area contributed by atoms with E-state index >= 15 is 0 Å². The van der Waals surface area contributed by atoms with Crippen molar-refractivity contribution in [2.24, 2.45) is 0 Å². The van der Waals surface area contributed by atoms with Gasteiger partial charge in [-0.3, -0.25) is 4.79 Å². The van der Waals surface area contributed by atoms with E-state index in [9.17, 15) is 4.79 Å². The van der Waals surface area contributed by atoms with Crippen molar-refractivity contribution in [3.63, 3.8) is 0 Å². The molecule has 4 heteroatoms. The third kappa shape index (κ3) is 9.69. The number of ether oxygens (including phenoxy) is 1. The highest BCUT2D eigenvalue weighted by Gasteiger charge is 2.08. The van der Waals surface area contributed by atoms with Crippen LogP contribution in [0.15, 0.2) is 0 Å². The summed E-state index contributed by atoms with van der Waals surface area (Å²) in [7, 11) is 2.04. The summed E-state index contributed by atoms with van der Waals surface area (Å²) in [6.45, 7) is 8.29. The first-order valence-corrected chi connectivity index (χ1v) is 5.49. The summed E-state index contributed by atoms with van der Waals surface area (Å²) >= 11 is 0. The molecule has 0 aromatic rings. The molecule has 4 nitrogen and oxygen atoms in total. The molecular formula is C11H24N2O2. The molecule has 0 aromatic carbocycles. The number of hydrogen-bond donors (Lipinski definition) is 2. The standard InChI is InChI=1S/C6H14N2.C5H10O2/c1-7-6-2-4-8-5-3-6;1-5(2,3)7-4-6/h6-8H,2-5H2,1H3;4H,1-3H3. The summed E-state index contributed by atoms with van der Waals surface area (Å²) in [6.07, 6.45) is 2.58. The molecule has 1 aliphatic heterocycles. The van der Waals surface area contributed by atoms with Crippen LogP contribution in [0, 0.1) is 0 Å². The molecule has 2 N–H and O–H groups in total. The van der Waals surface area contributed by atoms with Crippen LogP contribution < -0.4 is 10.6 Å². The van der Waals surface area contributed by atoms with Crippen LogP contribution in [0.25, 0.3) is 0 Å². The first kappa shape index (κ1) is 14.4. The number of carbonyl (C=O) groups is 1. The molecular weight excluding hydrogens is 192 g/mol. The van der Waals surface area contributed by atoms with Crippen molar-refractivity contribution < 1.29 is 9.53 Å². The summed E-state index contributed by atoms with van der Waals surface area (Å²) in [5, 5.41) is 6.57. The van der Waals surface area contributed by atoms with Gasteiger partial charge in [-0.2, -0.15) is 0 Å². The zero-order chi connectivity index (χ0) is 11.7. The van der Waals surface area contributed by atoms with Crippen LogP contribution >= 0.6 is 0 Å². The normalized spacial score (nSPS) is 17.6. The summed E-state index contributed by atoms with van der Waals surface area (Å²) < 4.78 is 4.55. The van der Waals surface area contributed by atoms with Gasteiger partial charge >= 0.3 is 0 Å². The van der Waals surface area contributed by atoms with Crippen LogP contribution in [0.3, 0.4) is 0 Å². The highest BCUT2D eigenvalue weighted by atomic mass is 16.5. The lowest BCUT2D eigenvalue weighted by molar-refractivity contribution is -0.138. The molecule has 1 rings (SSSR count). The topological polar surface area (TPSA) is 50.4 Å². The maximum atomic E-state index is 9.60. The van der Waals surface area contributed by atoms with Gasteiger partial charge in [0.15, 0.2) is 0 Å². The molecule has 0 atom stereocenters. The SMILES string of the molecule is CC(C)(C)OC=O.CNC1CCNCC1. The van der Waals surface area contributed by atoms with Crippen LogP contribution in [0.5, 0.6) is 0 Å². The average molecular weight is 216 g/mol. The first-order chi connectivity index (χ1) is 6.99. The molecule has 0 spiro atoms. The molecule has 0 aromatic heterocycles. The number of rotatable bonds is 2. The van der Waals surface area contributed by atoms with E-state index in [2.05, 4.69) is 15.4 Å². The van der Waals surface area contributed by atoms with Crippen molar-refractivity contribution in [2.75, 3.05) is 20.1 Å². The number of carbonyl (C=O) groups excluding carboxylic acids is 1. The van der Waals surface area contributed by atoms with Gasteiger partial charge < -0.3 is 15.4 Å². The Morgan fingerprint density at radius 2 is 1.87 bits per heavy atom. The van der Waals surface area contributed by atoms with Crippen LogP contribution in [0.4, 0.5) is 0 Å². The molecule has 1 saturated heterocycles. The Morgan fingerprint density at radius 3 is 2.07 bits per heavy atom. The van der Waals surface area contributed by atoms with Crippen LogP contribution in [0.1, 0.15) is 33.6 Å². The maximum absolute atomic E-state index is 9.60. The van der Waals surface area contributed by atoms with Crippen molar-refractivity contribution in [2.45, 2.75) is 45.3 Å². The minimum atomic E-state index is -0.318. The largest absolute Gasteiger partial charge is 0.462 e. The fraction of sp³-hybridized carbons (Fsp3) is 0.909. The van der Waals surface area contributed by atoms with Gasteiger partial charge in [-0.15, -0.1) is 0 Å². The number of hydrogen-bond acceptors (Lipinski definition) is 4. The second-order valence-electron chi connectivity index (χ2n) is 4.64. The Balaban J connectivity index is 0.000000265. The Labute approximate surface area is 92.8 Å². The molecule has 0 aliphatic carbocycles. The van der Waals surface area contributed by atoms with E-state index in [0.29, 0.717) is 6.47 Å². The van der Waals surface area contributed by atoms with Crippen LogP contribution in [-0.4, -0.2) is 38.3 Å². The van der Waals surface area contributed by atoms with Crippen LogP contribution in [-0.2, 0) is 9.53 Å². The summed E-state index contributed by atoms with van der Waals surface area (Å²) in [5.41, 5.74) is -0.318. The highest BCUT2D eigenvalue weighted by Crippen LogP contribution is 2.02. The zero-order valence-electron chi connectivity index (χ0n) is 10.3. The predicted octanol–water partition coefficient (Wildman–Crippen LogP) is 0.916. The molecule has 0 unspecified atom stereocenters. The molecule has 0 bridgehead atoms. The lowest BCUT2D eigenvalue weighted by atomic mass is 10.1. The van der Waals surface area contributed by atoms with Crippen molar-refractivity contribution >= 4 is 6.47 Å². The molecule has 1 fully saturated rings. The van der Waals surface area contributed by atoms with Crippen molar-refractivity contribution in [1.29, 1.82) is 0 Å². The quantitative estimate of drug-likeness (QED) is 0.674. The van der Waals surface area contributed by atoms with Gasteiger partial charge in [0.2, 0.25) is 0 Å². The van der Waals surface area contributed by atoms with Gasteiger partial charge in [0.1, 0.15) is 5.60 Å². The van der Waals surface area contributed by atoms with Gasteiger partial charge in [0.05, 0.1) is 0 Å². The fourth-order valence-corrected chi connectivity index (χ4v) is 1.25. The van der Waals surface area contributed by atoms with E-state index < -0.39 is 0 Å². The lowest BCUT2D eigenvalue weighted by Crippen LogP contribution is -2.37. The second-order valence-corrected chi connectivity index (χ2v) is 4.64. The van der Waals surface area contributed by atoms with Crippen molar-refractivity contribution in [1.82, 2.24) is 10.6 Å². The fourth-order valence-electron chi connectivity index (χ4n) is 1.25. The van der Waals surface area contributed by atoms with Gasteiger partial charge in [-0.25, -0.2) is 0 Å². The molecule has 15 heavy (non-hydrogen) atoms. The Kier molecular flexibility index (Phi) is 7.34. The van der Waals surface area contributed by atoms with Gasteiger partial charge in [-0.05, 0) is 53.8 Å². The number of nitrogens with one attached hydrogen (secondary N) is 2. The lowest BCUT2D eigenvalue weighted by Gasteiger charge is -2.21. The van der Waals surface area contributed by atoms with Crippen molar-refractivity contribution in [3.05, 3.63) is 0 Å². The third-order valence-corrected chi connectivity index (χ3v) is 2.15. The minimum Gasteiger partial charge on any atom is -0.462 e. The van der Waals surface area contributed by atoms with Crippen LogP contribution in [0.2, 0.25) is 0 Å². The first-order valence-electron chi connectivity index (χ1n) is 5.49. The van der Waals surface area contributed by atoms with Gasteiger partial charge in [0.25, 0.3) is 6.47 Å². The summed E-state index contributed by atoms with van der Waals surface area (Å²) in [4.78, 5) is 9.60. The van der Waals surface area contributed by atoms with E-state index in [-0.39, 0.29) is 5.60 Å². The second kappa shape index (κ2) is 7.65. The van der Waals surface area contributed by atoms with E-state index in [4.69, 9.17) is 0 Å². The molecule has 1 aliphatic rings. The number of piperidine rings is 1. The van der Waals surface area contributed by atoms with E-state index in [1.54, 1.807) is 0 Å². The Morgan fingerprint density at radius 1 is 1.33 bits per heavy atom. The monoisotopic (exact) mass is 216 g/mol. The van der Waals surface area contributed by atoms with Gasteiger partial charge in [-0.1, -0.05) is 0 Å². The van der Waals surface area contributed by atoms with E-state index in [1.807, 2.05) is 27.8 Å². The highest BCUT2D eigenvalue weighted by molar-refractivity contribution is 5.37. The maximum Gasteiger partial charge on any atom is 0.293 e.